The summed E-state index contributed by atoms with van der Waals surface area (Å²) in [6.07, 6.45) is 36.3. The van der Waals surface area contributed by atoms with Crippen LogP contribution in [-0.2, 0) is 19.0 Å². The molecule has 0 rings (SSSR count). The molecule has 0 aromatic heterocycles. The molecule has 0 aliphatic rings. The van der Waals surface area contributed by atoms with Crippen molar-refractivity contribution < 1.29 is 23.8 Å². The SMILES string of the molecule is CCCCCC=CCC=CCCCCCCCC(=O)OCCC(CCCCCCCCCCCC)OC(=O)OCCCN(CC)CC. The van der Waals surface area contributed by atoms with E-state index in [1.807, 2.05) is 0 Å². The van der Waals surface area contributed by atoms with Gasteiger partial charge in [0.1, 0.15) is 6.10 Å². The maximum atomic E-state index is 12.4. The van der Waals surface area contributed by atoms with E-state index in [-0.39, 0.29) is 18.7 Å². The molecule has 0 aromatic rings. The lowest BCUT2D eigenvalue weighted by Gasteiger charge is -2.19. The summed E-state index contributed by atoms with van der Waals surface area (Å²) >= 11 is 0. The van der Waals surface area contributed by atoms with E-state index in [0.717, 1.165) is 77.4 Å². The number of allylic oxidation sites excluding steroid dienone is 4. The molecule has 0 fully saturated rings. The van der Waals surface area contributed by atoms with Crippen molar-refractivity contribution in [3.05, 3.63) is 24.3 Å². The van der Waals surface area contributed by atoms with Gasteiger partial charge in [-0.3, -0.25) is 4.79 Å². The van der Waals surface area contributed by atoms with E-state index in [9.17, 15) is 9.59 Å². The van der Waals surface area contributed by atoms with Gasteiger partial charge in [-0.25, -0.2) is 4.79 Å². The van der Waals surface area contributed by atoms with Crippen molar-refractivity contribution >= 4 is 12.1 Å². The number of carbonyl (C=O) groups is 2. The summed E-state index contributed by atoms with van der Waals surface area (Å²) in [5.41, 5.74) is 0. The fourth-order valence-corrected chi connectivity index (χ4v) is 5.73. The quantitative estimate of drug-likeness (QED) is 0.0382. The van der Waals surface area contributed by atoms with Crippen LogP contribution in [0.3, 0.4) is 0 Å². The van der Waals surface area contributed by atoms with Crippen LogP contribution < -0.4 is 0 Å². The molecule has 0 bridgehead atoms. The molecule has 0 spiro atoms. The zero-order valence-electron chi connectivity index (χ0n) is 31.6. The van der Waals surface area contributed by atoms with Crippen molar-refractivity contribution in [3.8, 4) is 0 Å². The number of carbonyl (C=O) groups excluding carboxylic acids is 2. The lowest BCUT2D eigenvalue weighted by Crippen LogP contribution is -2.26. The summed E-state index contributed by atoms with van der Waals surface area (Å²) in [6.45, 7) is 12.3. The zero-order valence-corrected chi connectivity index (χ0v) is 31.6. The monoisotopic (exact) mass is 664 g/mol. The molecule has 1 atom stereocenters. The number of nitrogens with zero attached hydrogens (tertiary/aromatic N) is 1. The van der Waals surface area contributed by atoms with Crippen LogP contribution in [0, 0.1) is 0 Å². The van der Waals surface area contributed by atoms with Crippen LogP contribution in [0.4, 0.5) is 4.79 Å². The molecule has 6 nitrogen and oxygen atoms in total. The second kappa shape index (κ2) is 37.0. The first-order valence-electron chi connectivity index (χ1n) is 20.1. The number of rotatable bonds is 35. The Morgan fingerprint density at radius 3 is 1.70 bits per heavy atom. The summed E-state index contributed by atoms with van der Waals surface area (Å²) in [4.78, 5) is 27.1. The van der Waals surface area contributed by atoms with Crippen LogP contribution in [0.5, 0.6) is 0 Å². The molecule has 0 saturated heterocycles. The van der Waals surface area contributed by atoms with E-state index < -0.39 is 6.16 Å². The second-order valence-electron chi connectivity index (χ2n) is 13.2. The first-order chi connectivity index (χ1) is 23.1. The lowest BCUT2D eigenvalue weighted by molar-refractivity contribution is -0.144. The highest BCUT2D eigenvalue weighted by Gasteiger charge is 2.17. The van der Waals surface area contributed by atoms with E-state index in [1.165, 1.54) is 89.9 Å². The fraction of sp³-hybridized carbons (Fsp3) is 0.854. The topological polar surface area (TPSA) is 65.1 Å². The van der Waals surface area contributed by atoms with Gasteiger partial charge >= 0.3 is 12.1 Å². The van der Waals surface area contributed by atoms with Gasteiger partial charge in [-0.2, -0.15) is 0 Å². The Bertz CT molecular complexity index is 733. The standard InChI is InChI=1S/C41H77NO5/c1-5-9-11-13-15-17-19-20-21-22-23-25-27-29-31-34-40(43)45-38-35-39(33-30-28-26-24-18-16-14-12-10-6-2)47-41(44)46-37-32-36-42(7-3)8-4/h15,17,20-21,39H,5-14,16,18-19,22-38H2,1-4H3. The molecular weight excluding hydrogens is 586 g/mol. The highest BCUT2D eigenvalue weighted by Crippen LogP contribution is 2.16. The van der Waals surface area contributed by atoms with Crippen LogP contribution in [0.1, 0.15) is 188 Å². The maximum absolute atomic E-state index is 12.4. The first kappa shape index (κ1) is 45.2. The van der Waals surface area contributed by atoms with Gasteiger partial charge in [0.25, 0.3) is 0 Å². The van der Waals surface area contributed by atoms with E-state index in [2.05, 4.69) is 56.9 Å². The number of hydrogen-bond acceptors (Lipinski definition) is 6. The van der Waals surface area contributed by atoms with Gasteiger partial charge in [0.05, 0.1) is 13.2 Å². The third kappa shape index (κ3) is 33.9. The molecular formula is C41H77NO5. The number of esters is 1. The van der Waals surface area contributed by atoms with Crippen molar-refractivity contribution in [1.29, 1.82) is 0 Å². The predicted octanol–water partition coefficient (Wildman–Crippen LogP) is 12.3. The molecule has 0 N–H and O–H groups in total. The van der Waals surface area contributed by atoms with Crippen molar-refractivity contribution in [2.24, 2.45) is 0 Å². The Kier molecular flexibility index (Phi) is 35.6. The minimum Gasteiger partial charge on any atom is -0.466 e. The molecule has 0 saturated carbocycles. The first-order valence-corrected chi connectivity index (χ1v) is 20.1. The van der Waals surface area contributed by atoms with E-state index in [0.29, 0.717) is 19.4 Å². The summed E-state index contributed by atoms with van der Waals surface area (Å²) < 4.78 is 16.6. The zero-order chi connectivity index (χ0) is 34.5. The van der Waals surface area contributed by atoms with Crippen molar-refractivity contribution in [2.45, 2.75) is 194 Å². The largest absolute Gasteiger partial charge is 0.508 e. The molecule has 6 heteroatoms. The normalized spacial score (nSPS) is 12.4. The molecule has 276 valence electrons. The van der Waals surface area contributed by atoms with Gasteiger partial charge in [-0.05, 0) is 70.9 Å². The Labute approximate surface area is 291 Å². The van der Waals surface area contributed by atoms with Gasteiger partial charge in [0.2, 0.25) is 0 Å². The predicted molar refractivity (Wildman–Crippen MR) is 200 cm³/mol. The van der Waals surface area contributed by atoms with Crippen molar-refractivity contribution in [2.75, 3.05) is 32.8 Å². The highest BCUT2D eigenvalue weighted by atomic mass is 16.7. The molecule has 0 radical (unpaired) electrons. The maximum Gasteiger partial charge on any atom is 0.508 e. The van der Waals surface area contributed by atoms with E-state index in [4.69, 9.17) is 14.2 Å². The van der Waals surface area contributed by atoms with Gasteiger partial charge in [0.15, 0.2) is 0 Å². The molecule has 0 heterocycles. The fourth-order valence-electron chi connectivity index (χ4n) is 5.73. The Balaban J connectivity index is 4.17. The molecule has 0 aliphatic carbocycles. The average molecular weight is 664 g/mol. The summed E-state index contributed by atoms with van der Waals surface area (Å²) in [5.74, 6) is -0.146. The highest BCUT2D eigenvalue weighted by molar-refractivity contribution is 5.69. The minimum atomic E-state index is -0.599. The van der Waals surface area contributed by atoms with E-state index in [1.54, 1.807) is 0 Å². The molecule has 0 aliphatic heterocycles. The Hall–Kier alpha value is -1.82. The van der Waals surface area contributed by atoms with Crippen LogP contribution in [0.15, 0.2) is 24.3 Å². The third-order valence-electron chi connectivity index (χ3n) is 8.91. The molecule has 1 unspecified atom stereocenters. The van der Waals surface area contributed by atoms with Crippen molar-refractivity contribution in [3.63, 3.8) is 0 Å². The van der Waals surface area contributed by atoms with Gasteiger partial charge in [-0.1, -0.05) is 142 Å². The molecule has 0 amide bonds. The van der Waals surface area contributed by atoms with Crippen LogP contribution in [0.2, 0.25) is 0 Å². The van der Waals surface area contributed by atoms with Gasteiger partial charge in [-0.15, -0.1) is 0 Å². The van der Waals surface area contributed by atoms with Gasteiger partial charge in [0, 0.05) is 19.4 Å². The van der Waals surface area contributed by atoms with Crippen molar-refractivity contribution in [1.82, 2.24) is 4.90 Å². The van der Waals surface area contributed by atoms with Gasteiger partial charge < -0.3 is 19.1 Å². The minimum absolute atomic E-state index is 0.146. The average Bonchev–Trinajstić information content (AvgIpc) is 3.07. The third-order valence-corrected chi connectivity index (χ3v) is 8.91. The van der Waals surface area contributed by atoms with Crippen LogP contribution in [0.25, 0.3) is 0 Å². The number of unbranched alkanes of at least 4 members (excludes halogenated alkanes) is 17. The second-order valence-corrected chi connectivity index (χ2v) is 13.2. The summed E-state index contributed by atoms with van der Waals surface area (Å²) in [6, 6.07) is 0. The van der Waals surface area contributed by atoms with Crippen LogP contribution in [-0.4, -0.2) is 56.0 Å². The van der Waals surface area contributed by atoms with E-state index >= 15 is 0 Å². The molecule has 0 aromatic carbocycles. The molecule has 47 heavy (non-hydrogen) atoms. The van der Waals surface area contributed by atoms with Crippen LogP contribution >= 0.6 is 0 Å². The summed E-state index contributed by atoms with van der Waals surface area (Å²) in [7, 11) is 0. The number of ether oxygens (including phenoxy) is 3. The number of hydrogen-bond donors (Lipinski definition) is 0. The Morgan fingerprint density at radius 1 is 0.553 bits per heavy atom. The summed E-state index contributed by atoms with van der Waals surface area (Å²) in [5, 5.41) is 0. The Morgan fingerprint density at radius 2 is 1.09 bits per heavy atom. The lowest BCUT2D eigenvalue weighted by atomic mass is 10.0. The smallest absolute Gasteiger partial charge is 0.466 e.